The molecule has 0 unspecified atom stereocenters. The molecular weight excluding hydrogens is 677 g/mol. The predicted octanol–water partition coefficient (Wildman–Crippen LogP) is 6.51. The first-order chi connectivity index (χ1) is 25.7. The third-order valence-corrected chi connectivity index (χ3v) is 12.2. The molecule has 0 spiro atoms. The third kappa shape index (κ3) is 8.04. The monoisotopic (exact) mass is 719 g/mol. The van der Waals surface area contributed by atoms with Gasteiger partial charge in [0.15, 0.2) is 17.3 Å². The molecule has 6 aromatic rings. The second-order valence-corrected chi connectivity index (χ2v) is 16.9. The molecule has 1 saturated carbocycles. The highest BCUT2D eigenvalue weighted by atomic mass is 28.3. The molecule has 1 atom stereocenters. The minimum absolute atomic E-state index is 0.118. The molecule has 0 aliphatic heterocycles. The molecule has 11 nitrogen and oxygen atoms in total. The average molecular weight is 720 g/mol. The average Bonchev–Trinajstić information content (AvgIpc) is 3.85. The van der Waals surface area contributed by atoms with Gasteiger partial charge in [-0.1, -0.05) is 75.4 Å². The second-order valence-electron chi connectivity index (χ2n) is 14.8. The maximum Gasteiger partial charge on any atom is 0.282 e. The van der Waals surface area contributed by atoms with Gasteiger partial charge in [-0.2, -0.15) is 25.4 Å². The molecule has 1 aliphatic rings. The summed E-state index contributed by atoms with van der Waals surface area (Å²) in [7, 11) is -1.35. The molecule has 267 valence electrons. The van der Waals surface area contributed by atoms with Crippen LogP contribution in [-0.2, 0) is 9.84 Å². The van der Waals surface area contributed by atoms with Crippen LogP contribution in [0.15, 0.2) is 91.6 Å². The summed E-state index contributed by atoms with van der Waals surface area (Å²) in [4.78, 5) is 13.8. The molecule has 1 radical (unpaired) electrons. The quantitative estimate of drug-likeness (QED) is 0.148. The van der Waals surface area contributed by atoms with Gasteiger partial charge in [0.2, 0.25) is 0 Å². The molecule has 0 saturated heterocycles. The van der Waals surface area contributed by atoms with Crippen LogP contribution in [0.25, 0.3) is 28.2 Å². The molecular formula is C41H43N10OSi. The Morgan fingerprint density at radius 2 is 1.68 bits per heavy atom. The molecule has 7 rings (SSSR count). The number of nitrogens with one attached hydrogen (secondary N) is 1. The first-order valence-corrected chi connectivity index (χ1v) is 19.6. The van der Waals surface area contributed by atoms with Crippen LogP contribution in [0.3, 0.4) is 0 Å². The fraction of sp³-hybridized carbons (Fsp3) is 0.341. The van der Waals surface area contributed by atoms with Crippen molar-refractivity contribution < 1.29 is 4.43 Å². The largest absolute Gasteiger partial charge is 0.407 e. The Labute approximate surface area is 312 Å². The number of hydrogen-bond donors (Lipinski definition) is 1. The lowest BCUT2D eigenvalue weighted by atomic mass is 9.84. The van der Waals surface area contributed by atoms with Crippen molar-refractivity contribution in [3.63, 3.8) is 0 Å². The van der Waals surface area contributed by atoms with Gasteiger partial charge in [0, 0.05) is 30.5 Å². The number of benzene rings is 2. The fourth-order valence-electron chi connectivity index (χ4n) is 6.92. The number of hydrogen-bond acceptors (Lipinski definition) is 9. The minimum atomic E-state index is -1.35. The fourth-order valence-corrected chi connectivity index (χ4v) is 8.87. The molecule has 12 heteroatoms. The highest BCUT2D eigenvalue weighted by Gasteiger charge is 2.26. The molecule has 0 bridgehead atoms. The van der Waals surface area contributed by atoms with Crippen molar-refractivity contribution in [2.45, 2.75) is 77.3 Å². The second kappa shape index (κ2) is 15.5. The van der Waals surface area contributed by atoms with E-state index in [9.17, 15) is 10.5 Å². The van der Waals surface area contributed by atoms with E-state index in [-0.39, 0.29) is 11.5 Å². The number of rotatable bonds is 11. The number of pyridine rings is 2. The van der Waals surface area contributed by atoms with Crippen molar-refractivity contribution >= 4 is 36.1 Å². The van der Waals surface area contributed by atoms with E-state index in [1.165, 1.54) is 22.1 Å². The molecule has 1 N–H and O–H groups in total. The lowest BCUT2D eigenvalue weighted by Gasteiger charge is -2.29. The number of nitrogens with zero attached hydrogens (tertiary/aromatic N) is 9. The summed E-state index contributed by atoms with van der Waals surface area (Å²) in [6, 6.07) is 27.4. The molecule has 0 amide bonds. The summed E-state index contributed by atoms with van der Waals surface area (Å²) in [5.74, 6) is 1.67. The van der Waals surface area contributed by atoms with Crippen molar-refractivity contribution in [3.05, 3.63) is 103 Å². The zero-order chi connectivity index (χ0) is 37.0. The van der Waals surface area contributed by atoms with E-state index in [1.54, 1.807) is 30.1 Å². The first kappa shape index (κ1) is 35.7. The Balaban J connectivity index is 1.00. The number of nitriles is 2. The molecule has 2 aromatic carbocycles. The van der Waals surface area contributed by atoms with Gasteiger partial charge in [0.05, 0.1) is 35.1 Å². The SMILES string of the molecule is C[C@H](C#N)Nc1cc(-n2ncc3cc(C#N)cnc32)ncc1-c1ncn(C2CCC(CCO[Si](c3ccccc3)c3ccc(C(C)(C)C)cc3)CC2)n1. The molecule has 1 aliphatic carbocycles. The van der Waals surface area contributed by atoms with Gasteiger partial charge in [-0.05, 0) is 72.4 Å². The summed E-state index contributed by atoms with van der Waals surface area (Å²) in [5.41, 5.74) is 3.86. The molecule has 4 heterocycles. The summed E-state index contributed by atoms with van der Waals surface area (Å²) in [6.07, 6.45) is 12.0. The Bertz CT molecular complexity index is 2260. The Hall–Kier alpha value is -5.69. The van der Waals surface area contributed by atoms with Crippen LogP contribution in [-0.4, -0.2) is 56.2 Å². The zero-order valence-electron chi connectivity index (χ0n) is 30.6. The van der Waals surface area contributed by atoms with Gasteiger partial charge in [-0.25, -0.2) is 19.6 Å². The van der Waals surface area contributed by atoms with Crippen LogP contribution in [0, 0.1) is 28.6 Å². The van der Waals surface area contributed by atoms with Crippen molar-refractivity contribution in [2.24, 2.45) is 5.92 Å². The molecule has 53 heavy (non-hydrogen) atoms. The Morgan fingerprint density at radius 3 is 2.40 bits per heavy atom. The third-order valence-electron chi connectivity index (χ3n) is 9.97. The van der Waals surface area contributed by atoms with Crippen LogP contribution in [0.5, 0.6) is 0 Å². The van der Waals surface area contributed by atoms with Gasteiger partial charge in [-0.15, -0.1) is 0 Å². The van der Waals surface area contributed by atoms with Gasteiger partial charge in [0.25, 0.3) is 9.04 Å². The van der Waals surface area contributed by atoms with Crippen molar-refractivity contribution in [1.82, 2.24) is 34.5 Å². The van der Waals surface area contributed by atoms with Crippen molar-refractivity contribution in [1.29, 1.82) is 10.5 Å². The zero-order valence-corrected chi connectivity index (χ0v) is 31.6. The number of anilines is 1. The highest BCUT2D eigenvalue weighted by Crippen LogP contribution is 2.35. The van der Waals surface area contributed by atoms with E-state index in [0.29, 0.717) is 40.0 Å². The lowest BCUT2D eigenvalue weighted by Crippen LogP contribution is -2.45. The normalized spacial score (nSPS) is 16.7. The van der Waals surface area contributed by atoms with Gasteiger partial charge < -0.3 is 9.74 Å². The smallest absolute Gasteiger partial charge is 0.282 e. The topological polar surface area (TPSA) is 143 Å². The molecule has 4 aromatic heterocycles. The van der Waals surface area contributed by atoms with Crippen molar-refractivity contribution in [2.75, 3.05) is 11.9 Å². The number of aromatic nitrogens is 7. The van der Waals surface area contributed by atoms with Crippen LogP contribution in [0.1, 0.15) is 77.0 Å². The van der Waals surface area contributed by atoms with Crippen molar-refractivity contribution in [3.8, 4) is 29.3 Å². The highest BCUT2D eigenvalue weighted by molar-refractivity contribution is 6.80. The lowest BCUT2D eigenvalue weighted by molar-refractivity contribution is 0.215. The maximum atomic E-state index is 9.59. The van der Waals surface area contributed by atoms with Crippen LogP contribution >= 0.6 is 0 Å². The Morgan fingerprint density at radius 1 is 0.925 bits per heavy atom. The standard InChI is InChI=1S/C41H43N10OSi/c1-28(22-42)48-37-21-38(51-40-31(25-47-51)20-30(23-43)24-45-40)44-26-36(37)39-46-27-50(49-39)33-14-10-29(11-15-33)18-19-52-53(34-8-6-5-7-9-34)35-16-12-32(13-17-35)41(2,3)4/h5-9,12-13,16-17,20-21,24-29,33H,10-11,14-15,18-19H2,1-4H3,(H,44,48)/t28-,29?,33?/m1/s1. The Kier molecular flexibility index (Phi) is 10.4. The predicted molar refractivity (Wildman–Crippen MR) is 207 cm³/mol. The van der Waals surface area contributed by atoms with Gasteiger partial charge in [0.1, 0.15) is 18.4 Å². The van der Waals surface area contributed by atoms with E-state index in [2.05, 4.69) is 113 Å². The van der Waals surface area contributed by atoms with Gasteiger partial charge in [-0.3, -0.25) is 0 Å². The van der Waals surface area contributed by atoms with Crippen LogP contribution in [0.4, 0.5) is 5.69 Å². The van der Waals surface area contributed by atoms with E-state index in [0.717, 1.165) is 44.1 Å². The summed E-state index contributed by atoms with van der Waals surface area (Å²) >= 11 is 0. The van der Waals surface area contributed by atoms with E-state index in [1.807, 2.05) is 17.1 Å². The van der Waals surface area contributed by atoms with E-state index in [4.69, 9.17) is 9.52 Å². The first-order valence-electron chi connectivity index (χ1n) is 18.2. The summed E-state index contributed by atoms with van der Waals surface area (Å²) in [5, 5.41) is 34.8. The van der Waals surface area contributed by atoms with E-state index >= 15 is 0 Å². The maximum absolute atomic E-state index is 9.59. The summed E-state index contributed by atoms with van der Waals surface area (Å²) in [6.45, 7) is 9.29. The van der Waals surface area contributed by atoms with Crippen LogP contribution < -0.4 is 15.7 Å². The van der Waals surface area contributed by atoms with E-state index < -0.39 is 15.1 Å². The van der Waals surface area contributed by atoms with Gasteiger partial charge >= 0.3 is 0 Å². The minimum Gasteiger partial charge on any atom is -0.407 e. The molecule has 1 fully saturated rings. The summed E-state index contributed by atoms with van der Waals surface area (Å²) < 4.78 is 10.3. The van der Waals surface area contributed by atoms with Crippen LogP contribution in [0.2, 0.25) is 0 Å². The number of fused-ring (bicyclic) bond motifs is 1.